The highest BCUT2D eigenvalue weighted by Crippen LogP contribution is 2.27. The van der Waals surface area contributed by atoms with Crippen molar-refractivity contribution >= 4 is 17.5 Å². The molecule has 3 aromatic rings. The number of nitrogens with zero attached hydrogens (tertiary/aromatic N) is 5. The van der Waals surface area contributed by atoms with Crippen molar-refractivity contribution in [2.24, 2.45) is 0 Å². The molecule has 1 atom stereocenters. The molecule has 2 aromatic heterocycles. The number of benzene rings is 1. The molecule has 0 aliphatic rings. The van der Waals surface area contributed by atoms with E-state index in [0.717, 1.165) is 0 Å². The maximum atomic E-state index is 14.0. The van der Waals surface area contributed by atoms with Crippen LogP contribution in [-0.4, -0.2) is 37.5 Å². The molecule has 1 unspecified atom stereocenters. The number of carbonyl (C=O) groups excluding carboxylic acids is 1. The third-order valence-electron chi connectivity index (χ3n) is 4.24. The molecule has 0 saturated carbocycles. The lowest BCUT2D eigenvalue weighted by Crippen LogP contribution is -2.30. The van der Waals surface area contributed by atoms with Crippen LogP contribution < -0.4 is 5.32 Å². The Labute approximate surface area is 176 Å². The van der Waals surface area contributed by atoms with Gasteiger partial charge in [-0.2, -0.15) is 15.3 Å². The minimum Gasteiger partial charge on any atom is -0.382 e. The van der Waals surface area contributed by atoms with Gasteiger partial charge in [0.25, 0.3) is 0 Å². The normalized spacial score (nSPS) is 12.4. The third-order valence-corrected chi connectivity index (χ3v) is 4.53. The fourth-order valence-corrected chi connectivity index (χ4v) is 2.79. The van der Waals surface area contributed by atoms with Gasteiger partial charge in [-0.25, -0.2) is 4.39 Å². The number of nitriles is 1. The largest absolute Gasteiger partial charge is 0.382 e. The zero-order valence-electron chi connectivity index (χ0n) is 16.3. The molecule has 0 bridgehead atoms. The van der Waals surface area contributed by atoms with Crippen molar-refractivity contribution in [3.63, 3.8) is 0 Å². The van der Waals surface area contributed by atoms with Crippen LogP contribution in [0.2, 0.25) is 5.02 Å². The topological polar surface area (TPSA) is 130 Å². The fraction of sp³-hybridized carbons (Fsp3) is 0.316. The van der Waals surface area contributed by atoms with Crippen molar-refractivity contribution in [3.8, 4) is 17.3 Å². The summed E-state index contributed by atoms with van der Waals surface area (Å²) in [6.07, 6.45) is 1.68. The molecule has 2 N–H and O–H groups in total. The minimum absolute atomic E-state index is 0.00530. The van der Waals surface area contributed by atoms with Gasteiger partial charge in [-0.15, -0.1) is 0 Å². The predicted octanol–water partition coefficient (Wildman–Crippen LogP) is 2.82. The first-order chi connectivity index (χ1) is 14.1. The number of nitrogens with one attached hydrogen (secondary N) is 1. The van der Waals surface area contributed by atoms with E-state index in [1.165, 1.54) is 26.0 Å². The van der Waals surface area contributed by atoms with Gasteiger partial charge < -0.3 is 14.9 Å². The highest BCUT2D eigenvalue weighted by Gasteiger charge is 2.25. The van der Waals surface area contributed by atoms with Crippen LogP contribution in [0.15, 0.2) is 28.9 Å². The lowest BCUT2D eigenvalue weighted by Gasteiger charge is -2.12. The lowest BCUT2D eigenvalue weighted by molar-refractivity contribution is 0.0660. The van der Waals surface area contributed by atoms with Crippen molar-refractivity contribution in [1.29, 1.82) is 5.26 Å². The molecule has 0 aliphatic carbocycles. The number of rotatable bonds is 6. The molecule has 30 heavy (non-hydrogen) atoms. The Morgan fingerprint density at radius 3 is 2.83 bits per heavy atom. The second-order valence-electron chi connectivity index (χ2n) is 7.15. The van der Waals surface area contributed by atoms with Crippen LogP contribution in [0.25, 0.3) is 11.3 Å². The first-order valence-electron chi connectivity index (χ1n) is 8.89. The highest BCUT2D eigenvalue weighted by atomic mass is 35.5. The van der Waals surface area contributed by atoms with Gasteiger partial charge in [-0.1, -0.05) is 16.8 Å². The van der Waals surface area contributed by atoms with Gasteiger partial charge in [0.15, 0.2) is 0 Å². The molecule has 2 heterocycles. The molecule has 0 fully saturated rings. The monoisotopic (exact) mass is 432 g/mol. The van der Waals surface area contributed by atoms with Gasteiger partial charge >= 0.3 is 11.8 Å². The van der Waals surface area contributed by atoms with E-state index in [1.807, 2.05) is 6.92 Å². The van der Waals surface area contributed by atoms with Crippen molar-refractivity contribution in [1.82, 2.24) is 25.2 Å². The first kappa shape index (κ1) is 21.4. The highest BCUT2D eigenvalue weighted by molar-refractivity contribution is 6.32. The summed E-state index contributed by atoms with van der Waals surface area (Å²) in [5.74, 6) is -1.56. The third kappa shape index (κ3) is 4.48. The Balaban J connectivity index is 1.67. The van der Waals surface area contributed by atoms with Gasteiger partial charge in [0.05, 0.1) is 16.8 Å². The maximum Gasteiger partial charge on any atom is 0.316 e. The van der Waals surface area contributed by atoms with Crippen molar-refractivity contribution in [3.05, 3.63) is 52.5 Å². The Kier molecular flexibility index (Phi) is 5.87. The molecule has 0 spiro atoms. The van der Waals surface area contributed by atoms with E-state index in [4.69, 9.17) is 21.4 Å². The summed E-state index contributed by atoms with van der Waals surface area (Å²) in [7, 11) is 0. The Hall–Kier alpha value is -3.29. The van der Waals surface area contributed by atoms with Crippen LogP contribution in [0.1, 0.15) is 48.9 Å². The maximum absolute atomic E-state index is 14.0. The second kappa shape index (κ2) is 8.22. The van der Waals surface area contributed by atoms with Crippen LogP contribution in [0.5, 0.6) is 0 Å². The predicted molar refractivity (Wildman–Crippen MR) is 104 cm³/mol. The Morgan fingerprint density at radius 2 is 2.23 bits per heavy atom. The zero-order chi connectivity index (χ0) is 22.1. The summed E-state index contributed by atoms with van der Waals surface area (Å²) in [6, 6.07) is 5.79. The van der Waals surface area contributed by atoms with Gasteiger partial charge in [0.1, 0.15) is 23.1 Å². The van der Waals surface area contributed by atoms with Crippen molar-refractivity contribution < 1.29 is 18.8 Å². The number of aromatic nitrogens is 4. The number of halogens is 2. The van der Waals surface area contributed by atoms with Crippen LogP contribution >= 0.6 is 11.6 Å². The number of carbonyl (C=O) groups is 1. The van der Waals surface area contributed by atoms with Crippen molar-refractivity contribution in [2.75, 3.05) is 6.54 Å². The van der Waals surface area contributed by atoms with E-state index in [9.17, 15) is 14.3 Å². The summed E-state index contributed by atoms with van der Waals surface area (Å²) < 4.78 is 20.4. The molecule has 1 aromatic carbocycles. The van der Waals surface area contributed by atoms with E-state index in [0.29, 0.717) is 11.3 Å². The van der Waals surface area contributed by atoms with Gasteiger partial charge in [0.2, 0.25) is 5.82 Å². The molecule has 156 valence electrons. The summed E-state index contributed by atoms with van der Waals surface area (Å²) in [4.78, 5) is 16.1. The molecule has 9 nitrogen and oxygen atoms in total. The van der Waals surface area contributed by atoms with Gasteiger partial charge in [-0.3, -0.25) is 9.48 Å². The average Bonchev–Trinajstić information content (AvgIpc) is 3.35. The number of hydrogen-bond donors (Lipinski definition) is 2. The lowest BCUT2D eigenvalue weighted by atomic mass is 10.1. The Morgan fingerprint density at radius 1 is 1.50 bits per heavy atom. The van der Waals surface area contributed by atoms with Crippen LogP contribution in [0, 0.1) is 17.1 Å². The second-order valence-corrected chi connectivity index (χ2v) is 7.56. The standard InChI is InChI=1S/C19H18ClFN6O3/c1-10(9-23-16(28)17-24-18(26-30-17)19(2,3)29)27-5-4-15(25-27)11-6-13(20)12(8-22)14(21)7-11/h4-7,10,29H,9H2,1-3H3,(H,23,28). The summed E-state index contributed by atoms with van der Waals surface area (Å²) in [5, 5.41) is 29.4. The molecule has 0 aliphatic heterocycles. The van der Waals surface area contributed by atoms with Crippen LogP contribution in [0.4, 0.5) is 4.39 Å². The van der Waals surface area contributed by atoms with Crippen LogP contribution in [0.3, 0.4) is 0 Å². The SMILES string of the molecule is CC(CNC(=O)c1nc(C(C)(C)O)no1)n1ccc(-c2cc(F)c(C#N)c(Cl)c2)n1. The van der Waals surface area contributed by atoms with E-state index >= 15 is 0 Å². The molecular weight excluding hydrogens is 415 g/mol. The summed E-state index contributed by atoms with van der Waals surface area (Å²) in [5.41, 5.74) is -0.652. The smallest absolute Gasteiger partial charge is 0.316 e. The molecular formula is C19H18ClFN6O3. The van der Waals surface area contributed by atoms with Crippen LogP contribution in [-0.2, 0) is 5.60 Å². The fourth-order valence-electron chi connectivity index (χ4n) is 2.54. The molecule has 3 rings (SSSR count). The quantitative estimate of drug-likeness (QED) is 0.612. The first-order valence-corrected chi connectivity index (χ1v) is 9.27. The average molecular weight is 433 g/mol. The van der Waals surface area contributed by atoms with Gasteiger partial charge in [0, 0.05) is 18.3 Å². The van der Waals surface area contributed by atoms with E-state index in [-0.39, 0.29) is 34.9 Å². The minimum atomic E-state index is -1.32. The number of amides is 1. The molecule has 0 saturated heterocycles. The zero-order valence-corrected chi connectivity index (χ0v) is 17.1. The molecule has 0 radical (unpaired) electrons. The van der Waals surface area contributed by atoms with Gasteiger partial charge in [-0.05, 0) is 39.0 Å². The van der Waals surface area contributed by atoms with E-state index < -0.39 is 17.3 Å². The van der Waals surface area contributed by atoms with E-state index in [2.05, 4.69) is 20.6 Å². The number of hydrogen-bond acceptors (Lipinski definition) is 7. The summed E-state index contributed by atoms with van der Waals surface area (Å²) >= 11 is 5.95. The van der Waals surface area contributed by atoms with Crippen molar-refractivity contribution in [2.45, 2.75) is 32.4 Å². The molecule has 11 heteroatoms. The summed E-state index contributed by atoms with van der Waals surface area (Å²) in [6.45, 7) is 4.97. The molecule has 1 amide bonds. The Bertz CT molecular complexity index is 1100. The number of aliphatic hydroxyl groups is 1. The van der Waals surface area contributed by atoms with E-state index in [1.54, 1.807) is 23.0 Å².